The lowest BCUT2D eigenvalue weighted by molar-refractivity contribution is -0.146. The summed E-state index contributed by atoms with van der Waals surface area (Å²) in [5.41, 5.74) is 0.343. The fourth-order valence-corrected chi connectivity index (χ4v) is 8.65. The number of hydrogen-bond acceptors (Lipinski definition) is 7. The summed E-state index contributed by atoms with van der Waals surface area (Å²) in [6.45, 7) is 7.53. The fourth-order valence-electron chi connectivity index (χ4n) is 6.10. The minimum atomic E-state index is -3.39. The molecule has 0 radical (unpaired) electrons. The third-order valence-electron chi connectivity index (χ3n) is 7.94. The van der Waals surface area contributed by atoms with Crippen LogP contribution in [-0.2, 0) is 31.3 Å². The predicted octanol–water partition coefficient (Wildman–Crippen LogP) is 3.03. The Bertz CT molecular complexity index is 1330. The Morgan fingerprint density at radius 3 is 2.24 bits per heavy atom. The monoisotopic (exact) mass is 587 g/mol. The molecule has 4 rings (SSSR count). The first-order valence-electron chi connectivity index (χ1n) is 13.7. The van der Waals surface area contributed by atoms with Crippen LogP contribution in [0.2, 0.25) is 18.6 Å². The molecule has 0 saturated carbocycles. The number of halogens is 1. The van der Waals surface area contributed by atoms with Crippen LogP contribution in [0.15, 0.2) is 42.5 Å². The second-order valence-corrected chi connectivity index (χ2v) is 15.2. The van der Waals surface area contributed by atoms with E-state index in [-0.39, 0.29) is 25.5 Å². The number of ether oxygens (including phenoxy) is 1. The van der Waals surface area contributed by atoms with Crippen molar-refractivity contribution in [3.63, 3.8) is 0 Å². The van der Waals surface area contributed by atoms with E-state index in [0.29, 0.717) is 28.2 Å². The zero-order chi connectivity index (χ0) is 30.3. The van der Waals surface area contributed by atoms with E-state index in [2.05, 4.69) is 10.6 Å². The zero-order valence-corrected chi connectivity index (χ0v) is 24.8. The number of nitrogens with one attached hydrogen (secondary N) is 2. The van der Waals surface area contributed by atoms with Crippen molar-refractivity contribution in [1.29, 1.82) is 0 Å². The Hall–Kier alpha value is -3.16. The third kappa shape index (κ3) is 5.79. The number of nitrogens with zero attached hydrogens (tertiary/aromatic N) is 1. The fraction of sp³-hybridized carbons (Fsp3) is 0.483. The van der Waals surface area contributed by atoms with Crippen LogP contribution in [0.5, 0.6) is 0 Å². The molecule has 0 aromatic heterocycles. The Balaban J connectivity index is 1.79. The molecule has 3 amide bonds. The van der Waals surface area contributed by atoms with Crippen LogP contribution >= 0.6 is 0 Å². The minimum Gasteiger partial charge on any atom is -0.396 e. The molecule has 222 valence electrons. The number of amides is 3. The molecule has 2 aliphatic rings. The van der Waals surface area contributed by atoms with Crippen molar-refractivity contribution in [2.75, 3.05) is 22.1 Å². The quantitative estimate of drug-likeness (QED) is 0.224. The highest BCUT2D eigenvalue weighted by Crippen LogP contribution is 2.60. The molecule has 2 aromatic carbocycles. The van der Waals surface area contributed by atoms with Crippen molar-refractivity contribution < 1.29 is 38.5 Å². The molecule has 41 heavy (non-hydrogen) atoms. The molecule has 1 spiro atoms. The molecule has 5 N–H and O–H groups in total. The first-order valence-corrected chi connectivity index (χ1v) is 16.7. The molecule has 0 bridgehead atoms. The van der Waals surface area contributed by atoms with Crippen LogP contribution in [0, 0.1) is 5.92 Å². The number of aliphatic hydroxyl groups excluding tert-OH is 3. The van der Waals surface area contributed by atoms with Gasteiger partial charge in [-0.1, -0.05) is 19.1 Å². The van der Waals surface area contributed by atoms with Gasteiger partial charge in [0.1, 0.15) is 12.2 Å². The number of anilines is 3. The highest BCUT2D eigenvalue weighted by Gasteiger charge is 2.66. The largest absolute Gasteiger partial charge is 0.396 e. The Labute approximate surface area is 239 Å². The van der Waals surface area contributed by atoms with E-state index in [9.17, 15) is 29.7 Å². The van der Waals surface area contributed by atoms with Gasteiger partial charge in [0.15, 0.2) is 5.60 Å². The van der Waals surface area contributed by atoms with Gasteiger partial charge in [0.2, 0.25) is 8.41 Å². The summed E-state index contributed by atoms with van der Waals surface area (Å²) < 4.78 is 22.3. The normalized spacial score (nSPS) is 25.2. The number of carbonyl (C=O) groups is 3. The van der Waals surface area contributed by atoms with Crippen molar-refractivity contribution in [1.82, 2.24) is 0 Å². The lowest BCUT2D eigenvalue weighted by Gasteiger charge is -2.31. The first kappa shape index (κ1) is 30.8. The van der Waals surface area contributed by atoms with E-state index in [4.69, 9.17) is 4.74 Å². The number of fused-ring (bicyclic) bond motifs is 2. The van der Waals surface area contributed by atoms with Gasteiger partial charge < -0.3 is 39.7 Å². The van der Waals surface area contributed by atoms with Crippen molar-refractivity contribution in [2.24, 2.45) is 5.92 Å². The Morgan fingerprint density at radius 2 is 1.68 bits per heavy atom. The van der Waals surface area contributed by atoms with Crippen LogP contribution in [0.4, 0.5) is 21.2 Å². The topological polar surface area (TPSA) is 148 Å². The van der Waals surface area contributed by atoms with Crippen LogP contribution in [-0.4, -0.2) is 66.4 Å². The highest BCUT2D eigenvalue weighted by molar-refractivity contribution is 6.72. The first-order chi connectivity index (χ1) is 19.2. The van der Waals surface area contributed by atoms with Crippen molar-refractivity contribution >= 4 is 43.2 Å². The molecule has 10 nitrogen and oxygen atoms in total. The van der Waals surface area contributed by atoms with Crippen molar-refractivity contribution in [2.45, 2.75) is 76.3 Å². The second-order valence-electron chi connectivity index (χ2n) is 11.4. The maximum Gasteiger partial charge on any atom is 0.264 e. The molecule has 1 saturated heterocycles. The maximum atomic E-state index is 15.8. The minimum absolute atomic E-state index is 0.104. The van der Waals surface area contributed by atoms with E-state index < -0.39 is 55.6 Å². The average Bonchev–Trinajstić information content (AvgIpc) is 3.31. The smallest absolute Gasteiger partial charge is 0.264 e. The third-order valence-corrected chi connectivity index (χ3v) is 10.4. The van der Waals surface area contributed by atoms with Gasteiger partial charge in [0.25, 0.3) is 17.7 Å². The van der Waals surface area contributed by atoms with Crippen LogP contribution in [0.1, 0.15) is 38.3 Å². The van der Waals surface area contributed by atoms with Crippen molar-refractivity contribution in [3.8, 4) is 0 Å². The van der Waals surface area contributed by atoms with E-state index in [1.165, 1.54) is 13.8 Å². The molecule has 2 aromatic rings. The molecule has 2 heterocycles. The predicted molar refractivity (Wildman–Crippen MR) is 154 cm³/mol. The molecule has 6 atom stereocenters. The zero-order valence-electron chi connectivity index (χ0n) is 23.8. The van der Waals surface area contributed by atoms with Gasteiger partial charge in [-0.3, -0.25) is 14.4 Å². The maximum absolute atomic E-state index is 15.8. The van der Waals surface area contributed by atoms with E-state index in [0.717, 1.165) is 0 Å². The second kappa shape index (κ2) is 11.6. The molecule has 2 aliphatic heterocycles. The number of carbonyl (C=O) groups excluding carboxylic acids is 3. The van der Waals surface area contributed by atoms with Crippen molar-refractivity contribution in [3.05, 3.63) is 53.6 Å². The lowest BCUT2D eigenvalue weighted by Crippen LogP contribution is -2.45. The summed E-state index contributed by atoms with van der Waals surface area (Å²) in [5, 5.41) is 34.3. The van der Waals surface area contributed by atoms with Crippen LogP contribution in [0.25, 0.3) is 0 Å². The summed E-state index contributed by atoms with van der Waals surface area (Å²) in [6, 6.07) is 11.8. The summed E-state index contributed by atoms with van der Waals surface area (Å²) in [5.74, 6) is -2.16. The van der Waals surface area contributed by atoms with Gasteiger partial charge >= 0.3 is 0 Å². The molecule has 0 aliphatic carbocycles. The number of hydrogen-bond donors (Lipinski definition) is 5. The van der Waals surface area contributed by atoms with Gasteiger partial charge in [-0.2, -0.15) is 0 Å². The van der Waals surface area contributed by atoms with E-state index in [1.54, 1.807) is 67.4 Å². The summed E-state index contributed by atoms with van der Waals surface area (Å²) in [6.07, 6.45) is -2.97. The molecule has 1 fully saturated rings. The van der Waals surface area contributed by atoms with Gasteiger partial charge in [-0.25, -0.2) is 0 Å². The van der Waals surface area contributed by atoms with Crippen LogP contribution in [0.3, 0.4) is 0 Å². The standard InChI is InChI=1S/C29H38FN3O7Si/c1-16-25(41(4,5)30)24(11-12-34)40-29(16)22-14-21(32-27(38)18(3)36)9-10-23(22)33(28(29)39)15-19-7-6-8-20(13-19)31-26(37)17(2)35/h6-10,13-14,16-18,24-25,34-36H,11-12,15H2,1-5H3,(H,31,37)(H,32,38)/t16-,17+,18+,24+,25-,29+/m1/s1. The van der Waals surface area contributed by atoms with E-state index in [1.807, 2.05) is 0 Å². The van der Waals surface area contributed by atoms with Gasteiger partial charge in [0, 0.05) is 35.0 Å². The molecule has 12 heteroatoms. The average molecular weight is 588 g/mol. The molecular weight excluding hydrogens is 549 g/mol. The summed E-state index contributed by atoms with van der Waals surface area (Å²) >= 11 is 0. The van der Waals surface area contributed by atoms with E-state index >= 15 is 4.11 Å². The SMILES string of the molecule is C[C@H](O)C(=O)Nc1cccc(CN2C(=O)[C@@]3(O[C@@H](CCO)[C@H]([Si](C)(C)F)[C@H]3C)c3cc(NC(=O)[C@H](C)O)ccc32)c1. The van der Waals surface area contributed by atoms with Gasteiger partial charge in [-0.05, 0) is 69.3 Å². The molecular formula is C29H38FN3O7Si. The summed E-state index contributed by atoms with van der Waals surface area (Å²) in [7, 11) is -3.39. The Morgan fingerprint density at radius 1 is 1.07 bits per heavy atom. The van der Waals surface area contributed by atoms with Gasteiger partial charge in [-0.15, -0.1) is 0 Å². The number of aliphatic hydroxyl groups is 3. The summed E-state index contributed by atoms with van der Waals surface area (Å²) in [4.78, 5) is 40.2. The molecule has 0 unspecified atom stereocenters. The number of benzene rings is 2. The highest BCUT2D eigenvalue weighted by atomic mass is 28.4. The Kier molecular flexibility index (Phi) is 8.72. The lowest BCUT2D eigenvalue weighted by atomic mass is 9.82. The van der Waals surface area contributed by atoms with Gasteiger partial charge in [0.05, 0.1) is 18.3 Å². The van der Waals surface area contributed by atoms with Crippen LogP contribution < -0.4 is 15.5 Å². The number of rotatable bonds is 9.